The number of alkyl halides is 3. The molecule has 0 radical (unpaired) electrons. The van der Waals surface area contributed by atoms with Crippen LogP contribution < -0.4 is 11.1 Å². The number of nitrogen functional groups attached to an aromatic ring is 1. The molecule has 0 atom stereocenters. The molecular formula is C14H18F3N3O. The molecule has 1 aromatic carbocycles. The van der Waals surface area contributed by atoms with Crippen LogP contribution in [0.2, 0.25) is 0 Å². The molecule has 1 aliphatic heterocycles. The van der Waals surface area contributed by atoms with Crippen LogP contribution in [0.5, 0.6) is 0 Å². The summed E-state index contributed by atoms with van der Waals surface area (Å²) < 4.78 is 38.3. The standard InChI is InChI=1S/C14H18F3N3O/c1-9-4-6-20(7-5-9)13(21)19-10-2-3-12(18)11(8-10)14(15,16)17/h2-3,8-9H,4-7,18H2,1H3,(H,19,21). The lowest BCUT2D eigenvalue weighted by Crippen LogP contribution is -2.40. The number of rotatable bonds is 1. The molecule has 2 amide bonds. The molecule has 21 heavy (non-hydrogen) atoms. The van der Waals surface area contributed by atoms with Crippen molar-refractivity contribution in [1.29, 1.82) is 0 Å². The van der Waals surface area contributed by atoms with Crippen molar-refractivity contribution < 1.29 is 18.0 Å². The fourth-order valence-electron chi connectivity index (χ4n) is 2.29. The van der Waals surface area contributed by atoms with E-state index in [1.165, 1.54) is 6.07 Å². The van der Waals surface area contributed by atoms with Crippen LogP contribution in [0.1, 0.15) is 25.3 Å². The molecule has 1 saturated heterocycles. The molecule has 0 aromatic heterocycles. The van der Waals surface area contributed by atoms with E-state index in [-0.39, 0.29) is 17.4 Å². The topological polar surface area (TPSA) is 58.4 Å². The van der Waals surface area contributed by atoms with Crippen LogP contribution in [0.3, 0.4) is 0 Å². The van der Waals surface area contributed by atoms with Crippen LogP contribution in [0.4, 0.5) is 29.3 Å². The van der Waals surface area contributed by atoms with Crippen molar-refractivity contribution in [3.63, 3.8) is 0 Å². The molecule has 3 N–H and O–H groups in total. The van der Waals surface area contributed by atoms with E-state index in [1.54, 1.807) is 4.90 Å². The number of nitrogens with two attached hydrogens (primary N) is 1. The van der Waals surface area contributed by atoms with Gasteiger partial charge in [-0.25, -0.2) is 4.79 Å². The van der Waals surface area contributed by atoms with E-state index in [2.05, 4.69) is 12.2 Å². The summed E-state index contributed by atoms with van der Waals surface area (Å²) in [5, 5.41) is 2.50. The van der Waals surface area contributed by atoms with Gasteiger partial charge in [-0.3, -0.25) is 0 Å². The Labute approximate surface area is 121 Å². The van der Waals surface area contributed by atoms with Crippen LogP contribution in [0, 0.1) is 5.92 Å². The highest BCUT2D eigenvalue weighted by molar-refractivity contribution is 5.89. The van der Waals surface area contributed by atoms with Crippen LogP contribution in [0.15, 0.2) is 18.2 Å². The summed E-state index contributed by atoms with van der Waals surface area (Å²) in [7, 11) is 0. The largest absolute Gasteiger partial charge is 0.418 e. The van der Waals surface area contributed by atoms with Crippen molar-refractivity contribution in [1.82, 2.24) is 4.90 Å². The molecule has 1 fully saturated rings. The Balaban J connectivity index is 2.08. The molecule has 1 aromatic rings. The molecule has 0 unspecified atom stereocenters. The first kappa shape index (κ1) is 15.5. The Kier molecular flexibility index (Phi) is 4.29. The van der Waals surface area contributed by atoms with E-state index in [1.807, 2.05) is 0 Å². The minimum atomic E-state index is -4.54. The molecule has 7 heteroatoms. The zero-order valence-electron chi connectivity index (χ0n) is 11.7. The van der Waals surface area contributed by atoms with Gasteiger partial charge in [0, 0.05) is 24.5 Å². The zero-order chi connectivity index (χ0) is 15.6. The highest BCUT2D eigenvalue weighted by atomic mass is 19.4. The molecule has 0 spiro atoms. The van der Waals surface area contributed by atoms with Crippen molar-refractivity contribution in [2.45, 2.75) is 25.9 Å². The Hall–Kier alpha value is -1.92. The van der Waals surface area contributed by atoms with E-state index < -0.39 is 11.7 Å². The minimum Gasteiger partial charge on any atom is -0.398 e. The number of nitrogens with zero attached hydrogens (tertiary/aromatic N) is 1. The first-order chi connectivity index (χ1) is 9.77. The number of likely N-dealkylation sites (tertiary alicyclic amines) is 1. The Morgan fingerprint density at radius 1 is 1.33 bits per heavy atom. The third-order valence-corrected chi connectivity index (χ3v) is 3.68. The third-order valence-electron chi connectivity index (χ3n) is 3.68. The van der Waals surface area contributed by atoms with Gasteiger partial charge in [0.1, 0.15) is 0 Å². The summed E-state index contributed by atoms with van der Waals surface area (Å²) in [4.78, 5) is 13.6. The molecule has 0 bridgehead atoms. The van der Waals surface area contributed by atoms with Gasteiger partial charge < -0.3 is 16.0 Å². The number of piperidine rings is 1. The van der Waals surface area contributed by atoms with Crippen LogP contribution in [0.25, 0.3) is 0 Å². The second-order valence-corrected chi connectivity index (χ2v) is 5.40. The Morgan fingerprint density at radius 3 is 2.52 bits per heavy atom. The fraction of sp³-hybridized carbons (Fsp3) is 0.500. The van der Waals surface area contributed by atoms with E-state index in [9.17, 15) is 18.0 Å². The van der Waals surface area contributed by atoms with Crippen molar-refractivity contribution in [3.8, 4) is 0 Å². The Morgan fingerprint density at radius 2 is 1.95 bits per heavy atom. The van der Waals surface area contributed by atoms with E-state index in [0.29, 0.717) is 19.0 Å². The molecule has 0 saturated carbocycles. The lowest BCUT2D eigenvalue weighted by molar-refractivity contribution is -0.136. The number of carbonyl (C=O) groups excluding carboxylic acids is 1. The van der Waals surface area contributed by atoms with E-state index >= 15 is 0 Å². The first-order valence-corrected chi connectivity index (χ1v) is 6.80. The van der Waals surface area contributed by atoms with Crippen LogP contribution >= 0.6 is 0 Å². The second-order valence-electron chi connectivity index (χ2n) is 5.40. The van der Waals surface area contributed by atoms with Gasteiger partial charge in [-0.15, -0.1) is 0 Å². The summed E-state index contributed by atoms with van der Waals surface area (Å²) in [5.41, 5.74) is 4.13. The molecular weight excluding hydrogens is 283 g/mol. The van der Waals surface area contributed by atoms with Gasteiger partial charge >= 0.3 is 12.2 Å². The van der Waals surface area contributed by atoms with Crippen LogP contribution in [-0.2, 0) is 6.18 Å². The van der Waals surface area contributed by atoms with Crippen molar-refractivity contribution in [2.24, 2.45) is 5.92 Å². The summed E-state index contributed by atoms with van der Waals surface area (Å²) in [6, 6.07) is 3.01. The average Bonchev–Trinajstić information content (AvgIpc) is 2.40. The number of amides is 2. The molecule has 1 heterocycles. The number of halogens is 3. The molecule has 1 aliphatic rings. The summed E-state index contributed by atoms with van der Waals surface area (Å²) in [5.74, 6) is 0.572. The normalized spacial score (nSPS) is 16.9. The zero-order valence-corrected chi connectivity index (χ0v) is 11.7. The van der Waals surface area contributed by atoms with Gasteiger partial charge in [-0.05, 0) is 37.0 Å². The number of carbonyl (C=O) groups is 1. The van der Waals surface area contributed by atoms with Crippen molar-refractivity contribution in [2.75, 3.05) is 24.1 Å². The summed E-state index contributed by atoms with van der Waals surface area (Å²) in [6.07, 6.45) is -2.72. The van der Waals surface area contributed by atoms with Gasteiger partial charge in [0.05, 0.1) is 5.56 Å². The Bertz CT molecular complexity index is 523. The second kappa shape index (κ2) is 5.83. The maximum Gasteiger partial charge on any atom is 0.418 e. The van der Waals surface area contributed by atoms with E-state index in [4.69, 9.17) is 5.73 Å². The predicted octanol–water partition coefficient (Wildman–Crippen LogP) is 3.55. The monoisotopic (exact) mass is 301 g/mol. The molecule has 2 rings (SSSR count). The molecule has 116 valence electrons. The first-order valence-electron chi connectivity index (χ1n) is 6.80. The highest BCUT2D eigenvalue weighted by Gasteiger charge is 2.33. The number of nitrogens with one attached hydrogen (secondary N) is 1. The third kappa shape index (κ3) is 3.80. The quantitative estimate of drug-likeness (QED) is 0.779. The maximum atomic E-state index is 12.8. The molecule has 4 nitrogen and oxygen atoms in total. The van der Waals surface area contributed by atoms with Crippen molar-refractivity contribution in [3.05, 3.63) is 23.8 Å². The van der Waals surface area contributed by atoms with Gasteiger partial charge in [0.15, 0.2) is 0 Å². The predicted molar refractivity (Wildman–Crippen MR) is 74.8 cm³/mol. The highest BCUT2D eigenvalue weighted by Crippen LogP contribution is 2.35. The van der Waals surface area contributed by atoms with Gasteiger partial charge in [-0.1, -0.05) is 6.92 Å². The number of anilines is 2. The number of hydrogen-bond donors (Lipinski definition) is 2. The number of benzene rings is 1. The SMILES string of the molecule is CC1CCN(C(=O)Nc2ccc(N)c(C(F)(F)F)c2)CC1. The summed E-state index contributed by atoms with van der Waals surface area (Å²) in [6.45, 7) is 3.35. The lowest BCUT2D eigenvalue weighted by Gasteiger charge is -2.30. The smallest absolute Gasteiger partial charge is 0.398 e. The maximum absolute atomic E-state index is 12.8. The van der Waals surface area contributed by atoms with E-state index in [0.717, 1.165) is 25.0 Å². The van der Waals surface area contributed by atoms with Crippen LogP contribution in [-0.4, -0.2) is 24.0 Å². The number of urea groups is 1. The average molecular weight is 301 g/mol. The number of hydrogen-bond acceptors (Lipinski definition) is 2. The molecule has 0 aliphatic carbocycles. The van der Waals surface area contributed by atoms with Gasteiger partial charge in [-0.2, -0.15) is 13.2 Å². The minimum absolute atomic E-state index is 0.0974. The van der Waals surface area contributed by atoms with Gasteiger partial charge in [0.2, 0.25) is 0 Å². The van der Waals surface area contributed by atoms with Gasteiger partial charge in [0.25, 0.3) is 0 Å². The van der Waals surface area contributed by atoms with Crippen molar-refractivity contribution >= 4 is 17.4 Å². The summed E-state index contributed by atoms with van der Waals surface area (Å²) >= 11 is 0. The fourth-order valence-corrected chi connectivity index (χ4v) is 2.29. The lowest BCUT2D eigenvalue weighted by atomic mass is 10.00.